The number of nitrogens with zero attached hydrogens (tertiary/aromatic N) is 10. The molecule has 266 valence electrons. The molecule has 1 fully saturated rings. The molecule has 0 saturated carbocycles. The van der Waals surface area contributed by atoms with E-state index in [2.05, 4.69) is 49.6 Å². The third kappa shape index (κ3) is 7.94. The van der Waals surface area contributed by atoms with Crippen LogP contribution in [0.2, 0.25) is 0 Å². The number of carbonyl (C=O) groups excluding carboxylic acids is 1. The van der Waals surface area contributed by atoms with Gasteiger partial charge in [-0.2, -0.15) is 19.0 Å². The van der Waals surface area contributed by atoms with E-state index in [0.717, 1.165) is 43.9 Å². The Balaban J connectivity index is 1.34. The first-order valence-corrected chi connectivity index (χ1v) is 16.4. The van der Waals surface area contributed by atoms with E-state index in [1.165, 1.54) is 35.1 Å². The van der Waals surface area contributed by atoms with E-state index >= 15 is 0 Å². The maximum Gasteiger partial charge on any atom is 0.387 e. The number of hydrogen-bond acceptors (Lipinski definition) is 9. The standard InChI is InChI=1S/C33H39F4N11O2/c1-4-25-27(47(43-41-25)15-14-45-12-8-22(9-13-45)44(2)3)20-46-19-26(40-32(49)24-18-39-48-11-5-10-38-31(24)48)30(42-46)23-16-21(17-29(34)35)6-7-28(23)50-33(36)37/h5-7,10-11,16,18-19,22,29,33H,4,8-9,12-15,17,20H2,1-3H3,(H,40,49). The third-order valence-corrected chi connectivity index (χ3v) is 8.92. The zero-order valence-electron chi connectivity index (χ0n) is 28.0. The number of piperidine rings is 1. The molecule has 1 aliphatic rings. The lowest BCUT2D eigenvalue weighted by atomic mass is 10.0. The number of halogens is 4. The van der Waals surface area contributed by atoms with Crippen LogP contribution in [0.3, 0.4) is 0 Å². The van der Waals surface area contributed by atoms with Crippen molar-refractivity contribution in [3.63, 3.8) is 0 Å². The lowest BCUT2D eigenvalue weighted by Gasteiger charge is -2.35. The minimum Gasteiger partial charge on any atom is -0.434 e. The van der Waals surface area contributed by atoms with Crippen LogP contribution in [-0.4, -0.2) is 108 Å². The molecule has 0 bridgehead atoms. The second kappa shape index (κ2) is 15.3. The maximum atomic E-state index is 13.6. The monoisotopic (exact) mass is 697 g/mol. The van der Waals surface area contributed by atoms with Gasteiger partial charge in [-0.3, -0.25) is 9.48 Å². The highest BCUT2D eigenvalue weighted by Gasteiger charge is 2.25. The molecule has 1 amide bonds. The van der Waals surface area contributed by atoms with Gasteiger partial charge in [-0.15, -0.1) is 5.10 Å². The molecule has 17 heteroatoms. The number of ether oxygens (including phenoxy) is 1. The van der Waals surface area contributed by atoms with Crippen LogP contribution in [0.15, 0.2) is 49.1 Å². The number of aromatic nitrogens is 8. The number of likely N-dealkylation sites (tertiary alicyclic amines) is 1. The predicted molar refractivity (Wildman–Crippen MR) is 177 cm³/mol. The minimum atomic E-state index is -3.19. The number of amides is 1. The first-order chi connectivity index (χ1) is 24.1. The van der Waals surface area contributed by atoms with Crippen LogP contribution in [0, 0.1) is 0 Å². The summed E-state index contributed by atoms with van der Waals surface area (Å²) in [6, 6.07) is 6.06. The van der Waals surface area contributed by atoms with Crippen molar-refractivity contribution in [2.45, 2.75) is 64.8 Å². The van der Waals surface area contributed by atoms with E-state index in [1.807, 2.05) is 11.6 Å². The largest absolute Gasteiger partial charge is 0.434 e. The summed E-state index contributed by atoms with van der Waals surface area (Å²) in [5, 5.41) is 20.5. The molecule has 0 atom stereocenters. The molecule has 0 radical (unpaired) electrons. The van der Waals surface area contributed by atoms with Gasteiger partial charge < -0.3 is 19.9 Å². The number of carbonyl (C=O) groups is 1. The summed E-state index contributed by atoms with van der Waals surface area (Å²) in [5.74, 6) is -0.867. The number of hydrogen-bond donors (Lipinski definition) is 1. The second-order valence-electron chi connectivity index (χ2n) is 12.4. The van der Waals surface area contributed by atoms with Gasteiger partial charge in [0.2, 0.25) is 6.43 Å². The highest BCUT2D eigenvalue weighted by atomic mass is 19.3. The smallest absolute Gasteiger partial charge is 0.387 e. The lowest BCUT2D eigenvalue weighted by molar-refractivity contribution is -0.0494. The maximum absolute atomic E-state index is 13.6. The van der Waals surface area contributed by atoms with Gasteiger partial charge >= 0.3 is 6.61 Å². The van der Waals surface area contributed by atoms with Crippen LogP contribution in [0.25, 0.3) is 16.9 Å². The molecule has 1 aliphatic heterocycles. The minimum absolute atomic E-state index is 0.0129. The molecule has 1 aromatic carbocycles. The average Bonchev–Trinajstić information content (AvgIpc) is 3.81. The van der Waals surface area contributed by atoms with Crippen molar-refractivity contribution in [1.82, 2.24) is 49.2 Å². The molecular formula is C33H39F4N11O2. The van der Waals surface area contributed by atoms with E-state index in [-0.39, 0.29) is 40.4 Å². The van der Waals surface area contributed by atoms with Crippen molar-refractivity contribution in [3.8, 4) is 17.0 Å². The lowest BCUT2D eigenvalue weighted by Crippen LogP contribution is -2.43. The number of alkyl halides is 4. The summed E-state index contributed by atoms with van der Waals surface area (Å²) < 4.78 is 63.5. The first-order valence-electron chi connectivity index (χ1n) is 16.4. The molecule has 50 heavy (non-hydrogen) atoms. The van der Waals surface area contributed by atoms with Crippen molar-refractivity contribution in [2.75, 3.05) is 39.0 Å². The van der Waals surface area contributed by atoms with Crippen LogP contribution < -0.4 is 10.1 Å². The average molecular weight is 698 g/mol. The third-order valence-electron chi connectivity index (χ3n) is 8.92. The Labute approximate surface area is 285 Å². The summed E-state index contributed by atoms with van der Waals surface area (Å²) in [6.07, 6.45) is 5.56. The van der Waals surface area contributed by atoms with Gasteiger partial charge in [0.25, 0.3) is 5.91 Å². The quantitative estimate of drug-likeness (QED) is 0.167. The van der Waals surface area contributed by atoms with Crippen molar-refractivity contribution in [2.24, 2.45) is 0 Å². The van der Waals surface area contributed by atoms with Crippen molar-refractivity contribution in [1.29, 1.82) is 0 Å². The fraction of sp³-hybridized carbons (Fsp3) is 0.455. The molecule has 6 rings (SSSR count). The Hall–Kier alpha value is -4.90. The van der Waals surface area contributed by atoms with Crippen molar-refractivity contribution < 1.29 is 27.1 Å². The molecule has 0 aliphatic carbocycles. The van der Waals surface area contributed by atoms with Gasteiger partial charge in [-0.25, -0.2) is 23.0 Å². The fourth-order valence-corrected chi connectivity index (χ4v) is 6.28. The van der Waals surface area contributed by atoms with Crippen LogP contribution in [-0.2, 0) is 25.9 Å². The van der Waals surface area contributed by atoms with Crippen molar-refractivity contribution >= 4 is 17.2 Å². The second-order valence-corrected chi connectivity index (χ2v) is 12.4. The zero-order chi connectivity index (χ0) is 35.4. The van der Waals surface area contributed by atoms with Gasteiger partial charge in [0.1, 0.15) is 17.0 Å². The van der Waals surface area contributed by atoms with E-state index in [1.54, 1.807) is 23.1 Å². The predicted octanol–water partition coefficient (Wildman–Crippen LogP) is 4.48. The summed E-state index contributed by atoms with van der Waals surface area (Å²) in [4.78, 5) is 22.5. The molecule has 0 spiro atoms. The van der Waals surface area contributed by atoms with Crippen molar-refractivity contribution in [3.05, 3.63) is 71.6 Å². The van der Waals surface area contributed by atoms with Crippen LogP contribution >= 0.6 is 0 Å². The van der Waals surface area contributed by atoms with Gasteiger partial charge in [0.15, 0.2) is 5.65 Å². The molecule has 0 unspecified atom stereocenters. The molecule has 5 heterocycles. The molecule has 5 aromatic rings. The van der Waals surface area contributed by atoms with Gasteiger partial charge in [-0.05, 0) is 70.2 Å². The summed E-state index contributed by atoms with van der Waals surface area (Å²) in [5.41, 5.74) is 2.40. The number of nitrogens with one attached hydrogen (secondary N) is 1. The molecular weight excluding hydrogens is 658 g/mol. The Morgan fingerprint density at radius 2 is 1.94 bits per heavy atom. The number of fused-ring (bicyclic) bond motifs is 1. The topological polar surface area (TPSA) is 124 Å². The summed E-state index contributed by atoms with van der Waals surface area (Å²) >= 11 is 0. The Morgan fingerprint density at radius 3 is 2.66 bits per heavy atom. The number of aryl methyl sites for hydroxylation is 1. The van der Waals surface area contributed by atoms with Gasteiger partial charge in [-0.1, -0.05) is 18.2 Å². The Morgan fingerprint density at radius 1 is 1.14 bits per heavy atom. The molecule has 1 N–H and O–H groups in total. The molecule has 4 aromatic heterocycles. The number of rotatable bonds is 14. The zero-order valence-corrected chi connectivity index (χ0v) is 28.0. The fourth-order valence-electron chi connectivity index (χ4n) is 6.28. The van der Waals surface area contributed by atoms with E-state index in [9.17, 15) is 22.4 Å². The highest BCUT2D eigenvalue weighted by Crippen LogP contribution is 2.37. The summed E-state index contributed by atoms with van der Waals surface area (Å²) in [7, 11) is 4.21. The number of benzene rings is 1. The van der Waals surface area contributed by atoms with Crippen LogP contribution in [0.1, 0.15) is 47.1 Å². The van der Waals surface area contributed by atoms with Crippen LogP contribution in [0.4, 0.5) is 23.2 Å². The molecule has 13 nitrogen and oxygen atoms in total. The van der Waals surface area contributed by atoms with E-state index in [4.69, 9.17) is 9.84 Å². The normalized spacial score (nSPS) is 14.4. The first kappa shape index (κ1) is 34.9. The SMILES string of the molecule is CCc1nnn(CCN2CCC(N(C)C)CC2)c1Cn1cc(NC(=O)c2cnn3cccnc23)c(-c2cc(CC(F)F)ccc2OC(F)F)n1. The van der Waals surface area contributed by atoms with E-state index < -0.39 is 25.4 Å². The highest BCUT2D eigenvalue weighted by molar-refractivity contribution is 6.09. The van der Waals surface area contributed by atoms with Crippen LogP contribution in [0.5, 0.6) is 5.75 Å². The van der Waals surface area contributed by atoms with E-state index in [0.29, 0.717) is 24.7 Å². The van der Waals surface area contributed by atoms with Gasteiger partial charge in [0.05, 0.1) is 36.4 Å². The Bertz CT molecular complexity index is 1910. The van der Waals surface area contributed by atoms with Gasteiger partial charge in [0, 0.05) is 43.2 Å². The molecule has 1 saturated heterocycles. The Kier molecular flexibility index (Phi) is 10.7. The number of anilines is 1. The summed E-state index contributed by atoms with van der Waals surface area (Å²) in [6.45, 7) is 2.30.